The summed E-state index contributed by atoms with van der Waals surface area (Å²) in [5, 5.41) is 0. The fraction of sp³-hybridized carbons (Fsp3) is 0.350. The van der Waals surface area contributed by atoms with Crippen molar-refractivity contribution in [2.24, 2.45) is 0 Å². The molecule has 0 spiro atoms. The Bertz CT molecular complexity index is 738. The quantitative estimate of drug-likeness (QED) is 0.558. The van der Waals surface area contributed by atoms with Crippen molar-refractivity contribution in [1.29, 1.82) is 0 Å². The maximum Gasteiger partial charge on any atom is 0.310 e. The van der Waals surface area contributed by atoms with Crippen molar-refractivity contribution in [1.82, 2.24) is 0 Å². The maximum absolute atomic E-state index is 14.0. The van der Waals surface area contributed by atoms with Crippen molar-refractivity contribution < 1.29 is 18.7 Å². The average molecular weight is 330 g/mol. The second-order valence-corrected chi connectivity index (χ2v) is 5.73. The van der Waals surface area contributed by atoms with Gasteiger partial charge >= 0.3 is 5.97 Å². The first kappa shape index (κ1) is 18.0. The van der Waals surface area contributed by atoms with Crippen molar-refractivity contribution >= 4 is 5.97 Å². The van der Waals surface area contributed by atoms with Crippen LogP contribution in [-0.2, 0) is 17.8 Å². The zero-order chi connectivity index (χ0) is 17.7. The van der Waals surface area contributed by atoms with E-state index >= 15 is 0 Å². The third kappa shape index (κ3) is 4.13. The molecule has 0 saturated carbocycles. The standard InChI is InChI=1S/C20H23FO3/c1-5-15-10-14(4)19(11-17(15)21)23-12-16-13(3)8-7-9-18(16)24-20(22)6-2/h7-11H,5-6,12H2,1-4H3. The first-order valence-corrected chi connectivity index (χ1v) is 8.17. The summed E-state index contributed by atoms with van der Waals surface area (Å²) >= 11 is 0. The van der Waals surface area contributed by atoms with Crippen LogP contribution in [0.2, 0.25) is 0 Å². The molecule has 0 radical (unpaired) electrons. The lowest BCUT2D eigenvalue weighted by atomic mass is 10.1. The Morgan fingerprint density at radius 3 is 2.50 bits per heavy atom. The molecule has 24 heavy (non-hydrogen) atoms. The largest absolute Gasteiger partial charge is 0.488 e. The lowest BCUT2D eigenvalue weighted by molar-refractivity contribution is -0.134. The molecule has 0 saturated heterocycles. The highest BCUT2D eigenvalue weighted by Gasteiger charge is 2.13. The minimum atomic E-state index is -0.295. The molecular formula is C20H23FO3. The van der Waals surface area contributed by atoms with Crippen LogP contribution in [0.15, 0.2) is 30.3 Å². The molecule has 0 aliphatic carbocycles. The number of carbonyl (C=O) groups is 1. The Morgan fingerprint density at radius 2 is 1.83 bits per heavy atom. The highest BCUT2D eigenvalue weighted by molar-refractivity contribution is 5.72. The number of esters is 1. The van der Waals surface area contributed by atoms with Crippen LogP contribution in [-0.4, -0.2) is 5.97 Å². The molecule has 0 unspecified atom stereocenters. The molecule has 0 aliphatic heterocycles. The van der Waals surface area contributed by atoms with Gasteiger partial charge in [-0.25, -0.2) is 4.39 Å². The van der Waals surface area contributed by atoms with Crippen molar-refractivity contribution in [2.45, 2.75) is 47.1 Å². The normalized spacial score (nSPS) is 10.5. The SMILES string of the molecule is CCC(=O)Oc1cccc(C)c1COc1cc(F)c(CC)cc1C. The van der Waals surface area contributed by atoms with Crippen LogP contribution in [0.1, 0.15) is 42.5 Å². The van der Waals surface area contributed by atoms with Crippen molar-refractivity contribution in [3.8, 4) is 11.5 Å². The van der Waals surface area contributed by atoms with Crippen molar-refractivity contribution in [3.63, 3.8) is 0 Å². The highest BCUT2D eigenvalue weighted by Crippen LogP contribution is 2.27. The molecule has 0 N–H and O–H groups in total. The van der Waals surface area contributed by atoms with E-state index in [1.165, 1.54) is 6.07 Å². The van der Waals surface area contributed by atoms with Crippen LogP contribution in [0.25, 0.3) is 0 Å². The molecule has 3 nitrogen and oxygen atoms in total. The molecule has 0 atom stereocenters. The first-order valence-electron chi connectivity index (χ1n) is 8.17. The second-order valence-electron chi connectivity index (χ2n) is 5.73. The summed E-state index contributed by atoms with van der Waals surface area (Å²) in [6, 6.07) is 8.73. The fourth-order valence-corrected chi connectivity index (χ4v) is 2.45. The van der Waals surface area contributed by atoms with Gasteiger partial charge in [-0.05, 0) is 49.1 Å². The zero-order valence-electron chi connectivity index (χ0n) is 14.6. The lowest BCUT2D eigenvalue weighted by Gasteiger charge is -2.15. The van der Waals surface area contributed by atoms with Crippen LogP contribution < -0.4 is 9.47 Å². The topological polar surface area (TPSA) is 35.5 Å². The van der Waals surface area contributed by atoms with E-state index in [-0.39, 0.29) is 18.4 Å². The van der Waals surface area contributed by atoms with E-state index in [1.807, 2.05) is 32.9 Å². The summed E-state index contributed by atoms with van der Waals surface area (Å²) in [6.45, 7) is 7.69. The second kappa shape index (κ2) is 7.95. The van der Waals surface area contributed by atoms with E-state index in [0.717, 1.165) is 16.7 Å². The Kier molecular flexibility index (Phi) is 5.96. The van der Waals surface area contributed by atoms with E-state index < -0.39 is 0 Å². The molecule has 0 aliphatic rings. The molecule has 2 rings (SSSR count). The van der Waals surface area contributed by atoms with Crippen LogP contribution >= 0.6 is 0 Å². The number of carbonyl (C=O) groups excluding carboxylic acids is 1. The van der Waals surface area contributed by atoms with Crippen LogP contribution in [0.5, 0.6) is 11.5 Å². The fourth-order valence-electron chi connectivity index (χ4n) is 2.45. The smallest absolute Gasteiger partial charge is 0.310 e. The highest BCUT2D eigenvalue weighted by atomic mass is 19.1. The molecule has 0 aromatic heterocycles. The molecule has 0 heterocycles. The monoisotopic (exact) mass is 330 g/mol. The van der Waals surface area contributed by atoms with Gasteiger partial charge in [-0.2, -0.15) is 0 Å². The van der Waals surface area contributed by atoms with Gasteiger partial charge in [0, 0.05) is 18.1 Å². The summed E-state index contributed by atoms with van der Waals surface area (Å²) in [6.07, 6.45) is 0.943. The zero-order valence-corrected chi connectivity index (χ0v) is 14.6. The third-order valence-electron chi connectivity index (χ3n) is 3.98. The lowest BCUT2D eigenvalue weighted by Crippen LogP contribution is -2.10. The summed E-state index contributed by atoms with van der Waals surface area (Å²) < 4.78 is 25.2. The van der Waals surface area contributed by atoms with Gasteiger partial charge in [0.15, 0.2) is 0 Å². The van der Waals surface area contributed by atoms with Gasteiger partial charge < -0.3 is 9.47 Å². The van der Waals surface area contributed by atoms with Gasteiger partial charge in [0.1, 0.15) is 23.9 Å². The number of aryl methyl sites for hydroxylation is 3. The minimum absolute atomic E-state index is 0.213. The van der Waals surface area contributed by atoms with E-state index in [2.05, 4.69) is 0 Å². The molecule has 2 aromatic carbocycles. The summed E-state index contributed by atoms with van der Waals surface area (Å²) in [5.74, 6) is 0.433. The predicted octanol–water partition coefficient (Wildman–Crippen LogP) is 4.90. The third-order valence-corrected chi connectivity index (χ3v) is 3.98. The van der Waals surface area contributed by atoms with Crippen molar-refractivity contribution in [2.75, 3.05) is 0 Å². The van der Waals surface area contributed by atoms with E-state index in [0.29, 0.717) is 29.9 Å². The predicted molar refractivity (Wildman–Crippen MR) is 92.0 cm³/mol. The van der Waals surface area contributed by atoms with Crippen LogP contribution in [0.4, 0.5) is 4.39 Å². The summed E-state index contributed by atoms with van der Waals surface area (Å²) in [4.78, 5) is 11.6. The molecule has 4 heteroatoms. The van der Waals surface area contributed by atoms with E-state index in [4.69, 9.17) is 9.47 Å². The number of rotatable bonds is 6. The Labute approximate surface area is 142 Å². The maximum atomic E-state index is 14.0. The molecule has 2 aromatic rings. The van der Waals surface area contributed by atoms with Gasteiger partial charge in [-0.15, -0.1) is 0 Å². The summed E-state index contributed by atoms with van der Waals surface area (Å²) in [5.41, 5.74) is 3.31. The van der Waals surface area contributed by atoms with Crippen LogP contribution in [0, 0.1) is 19.7 Å². The molecule has 0 amide bonds. The van der Waals surface area contributed by atoms with Crippen molar-refractivity contribution in [3.05, 3.63) is 58.4 Å². The Morgan fingerprint density at radius 1 is 1.08 bits per heavy atom. The van der Waals surface area contributed by atoms with E-state index in [1.54, 1.807) is 19.1 Å². The van der Waals surface area contributed by atoms with E-state index in [9.17, 15) is 9.18 Å². The summed E-state index contributed by atoms with van der Waals surface area (Å²) in [7, 11) is 0. The van der Waals surface area contributed by atoms with Gasteiger partial charge in [0.05, 0.1) is 0 Å². The van der Waals surface area contributed by atoms with Gasteiger partial charge in [-0.3, -0.25) is 4.79 Å². The van der Waals surface area contributed by atoms with Crippen LogP contribution in [0.3, 0.4) is 0 Å². The number of hydrogen-bond donors (Lipinski definition) is 0. The number of benzene rings is 2. The Hall–Kier alpha value is -2.36. The average Bonchev–Trinajstić information content (AvgIpc) is 2.56. The number of hydrogen-bond acceptors (Lipinski definition) is 3. The Balaban J connectivity index is 2.23. The number of ether oxygens (including phenoxy) is 2. The first-order chi connectivity index (χ1) is 11.5. The van der Waals surface area contributed by atoms with Gasteiger partial charge in [-0.1, -0.05) is 26.0 Å². The van der Waals surface area contributed by atoms with Gasteiger partial charge in [0.2, 0.25) is 0 Å². The molecule has 0 bridgehead atoms. The molecule has 0 fully saturated rings. The molecular weight excluding hydrogens is 307 g/mol. The molecule has 128 valence electrons. The minimum Gasteiger partial charge on any atom is -0.488 e. The van der Waals surface area contributed by atoms with Gasteiger partial charge in [0.25, 0.3) is 0 Å². The number of halogens is 1.